The van der Waals surface area contributed by atoms with E-state index in [1.54, 1.807) is 0 Å². The number of hydrogen-bond acceptors (Lipinski definition) is 3. The molecule has 1 aromatic heterocycles. The summed E-state index contributed by atoms with van der Waals surface area (Å²) < 4.78 is 2.28. The van der Waals surface area contributed by atoms with Gasteiger partial charge in [0.25, 0.3) is 0 Å². The Morgan fingerprint density at radius 3 is 1.38 bits per heavy atom. The minimum Gasteiger partial charge on any atom is -0.312 e. The Labute approximate surface area is 332 Å². The SMILES string of the molecule is C=C(/C=C\CC)N(C(=C)/C=C\CC)c1cc(N(C(=C)/C=C\CC)C(=C)/C=C\CC)c(C#N)c(-n2c3ccc(C(C)CC)cc3c3cc(C(C)CC)ccc32)c1. The number of benzene rings is 3. The number of hydrogen-bond donors (Lipinski definition) is 0. The fourth-order valence-corrected chi connectivity index (χ4v) is 6.92. The van der Waals surface area contributed by atoms with Gasteiger partial charge in [0, 0.05) is 33.6 Å². The highest BCUT2D eigenvalue weighted by Gasteiger charge is 2.26. The third-order valence-electron chi connectivity index (χ3n) is 10.4. The van der Waals surface area contributed by atoms with Gasteiger partial charge in [-0.2, -0.15) is 5.26 Å². The second-order valence-corrected chi connectivity index (χ2v) is 14.4. The third-order valence-corrected chi connectivity index (χ3v) is 10.4. The number of aromatic nitrogens is 1. The number of fused-ring (bicyclic) bond motifs is 3. The summed E-state index contributed by atoms with van der Waals surface area (Å²) in [5.74, 6) is 0.835. The number of rotatable bonds is 19. The standard InChI is InChI=1S/C51H62N4/c1-13-19-23-38(9)53(39(10)24-20-14-2)44-33-50(54(40(11)25-21-15-3)41(12)26-22-16-4)47(35-52)51(34-44)55-48-29-27-42(36(7)17-5)31-45(48)46-32-43(37(8)18-6)28-30-49(46)55/h19-34,36-37H,9-18H2,1-8H3/b23-19-,24-20-,25-21-,26-22-. The molecule has 2 unspecified atom stereocenters. The zero-order valence-electron chi connectivity index (χ0n) is 34.8. The number of allylic oxidation sites excluding steroid dienone is 8. The first kappa shape index (κ1) is 42.2. The van der Waals surface area contributed by atoms with E-state index in [-0.39, 0.29) is 0 Å². The summed E-state index contributed by atoms with van der Waals surface area (Å²) in [5.41, 5.74) is 10.5. The first-order chi connectivity index (χ1) is 26.5. The van der Waals surface area contributed by atoms with Crippen LogP contribution in [0.1, 0.15) is 122 Å². The number of nitrogens with zero attached hydrogens (tertiary/aromatic N) is 4. The summed E-state index contributed by atoms with van der Waals surface area (Å²) in [4.78, 5) is 4.09. The van der Waals surface area contributed by atoms with Gasteiger partial charge in [-0.05, 0) is 122 Å². The second-order valence-electron chi connectivity index (χ2n) is 14.4. The summed E-state index contributed by atoms with van der Waals surface area (Å²) >= 11 is 0. The highest BCUT2D eigenvalue weighted by molar-refractivity contribution is 6.10. The Balaban J connectivity index is 2.28. The molecule has 286 valence electrons. The molecule has 1 heterocycles. The van der Waals surface area contributed by atoms with Crippen LogP contribution in [0.25, 0.3) is 27.5 Å². The van der Waals surface area contributed by atoms with Crippen molar-refractivity contribution in [2.45, 2.75) is 106 Å². The molecule has 0 bridgehead atoms. The maximum Gasteiger partial charge on any atom is 0.104 e. The lowest BCUT2D eigenvalue weighted by Crippen LogP contribution is -2.23. The van der Waals surface area contributed by atoms with Crippen molar-refractivity contribution in [3.05, 3.63) is 163 Å². The summed E-state index contributed by atoms with van der Waals surface area (Å²) in [5, 5.41) is 13.7. The summed E-state index contributed by atoms with van der Waals surface area (Å²) in [7, 11) is 0. The van der Waals surface area contributed by atoms with Gasteiger partial charge in [0.05, 0.1) is 28.1 Å². The van der Waals surface area contributed by atoms with Gasteiger partial charge in [0.2, 0.25) is 0 Å². The molecule has 0 aliphatic heterocycles. The fraction of sp³-hybridized carbons (Fsp3) is 0.314. The van der Waals surface area contributed by atoms with Gasteiger partial charge in [0.15, 0.2) is 0 Å². The molecule has 55 heavy (non-hydrogen) atoms. The van der Waals surface area contributed by atoms with Gasteiger partial charge in [-0.3, -0.25) is 0 Å². The van der Waals surface area contributed by atoms with Crippen LogP contribution >= 0.6 is 0 Å². The molecule has 0 saturated heterocycles. The number of nitriles is 1. The van der Waals surface area contributed by atoms with Crippen molar-refractivity contribution in [1.29, 1.82) is 5.26 Å². The maximum absolute atomic E-state index is 11.3. The molecule has 4 nitrogen and oxygen atoms in total. The molecule has 0 saturated carbocycles. The average molecular weight is 731 g/mol. The summed E-state index contributed by atoms with van der Waals surface area (Å²) in [6.07, 6.45) is 22.0. The highest BCUT2D eigenvalue weighted by Crippen LogP contribution is 2.43. The van der Waals surface area contributed by atoms with Crippen molar-refractivity contribution < 1.29 is 0 Å². The van der Waals surface area contributed by atoms with E-state index in [9.17, 15) is 5.26 Å². The van der Waals surface area contributed by atoms with E-state index < -0.39 is 0 Å². The van der Waals surface area contributed by atoms with Crippen molar-refractivity contribution in [3.8, 4) is 11.8 Å². The maximum atomic E-state index is 11.3. The van der Waals surface area contributed by atoms with Crippen molar-refractivity contribution in [1.82, 2.24) is 4.57 Å². The van der Waals surface area contributed by atoms with E-state index in [2.05, 4.69) is 170 Å². The molecular weight excluding hydrogens is 669 g/mol. The van der Waals surface area contributed by atoms with E-state index in [0.29, 0.717) is 34.5 Å². The third kappa shape index (κ3) is 9.23. The average Bonchev–Trinajstić information content (AvgIpc) is 3.52. The minimum atomic E-state index is 0.418. The van der Waals surface area contributed by atoms with Gasteiger partial charge in [-0.15, -0.1) is 0 Å². The smallest absolute Gasteiger partial charge is 0.104 e. The van der Waals surface area contributed by atoms with Crippen molar-refractivity contribution in [2.75, 3.05) is 9.80 Å². The molecule has 4 rings (SSSR count). The van der Waals surface area contributed by atoms with Crippen molar-refractivity contribution in [2.24, 2.45) is 0 Å². The quantitative estimate of drug-likeness (QED) is 0.0901. The van der Waals surface area contributed by atoms with Crippen LogP contribution in [0.15, 0.2) is 146 Å². The second kappa shape index (κ2) is 19.7. The van der Waals surface area contributed by atoms with Crippen LogP contribution < -0.4 is 9.80 Å². The van der Waals surface area contributed by atoms with Crippen LogP contribution in [0.2, 0.25) is 0 Å². The molecule has 0 N–H and O–H groups in total. The van der Waals surface area contributed by atoms with Gasteiger partial charge in [-0.25, -0.2) is 0 Å². The molecule has 0 radical (unpaired) electrons. The minimum absolute atomic E-state index is 0.418. The first-order valence-corrected chi connectivity index (χ1v) is 20.2. The van der Waals surface area contributed by atoms with E-state index in [1.165, 1.54) is 21.9 Å². The number of anilines is 2. The molecule has 0 fully saturated rings. The molecule has 0 spiro atoms. The molecule has 4 heteroatoms. The Morgan fingerprint density at radius 2 is 1.02 bits per heavy atom. The van der Waals surface area contributed by atoms with E-state index in [1.807, 2.05) is 29.2 Å². The lowest BCUT2D eigenvalue weighted by atomic mass is 9.95. The molecule has 2 atom stereocenters. The topological polar surface area (TPSA) is 35.2 Å². The Morgan fingerprint density at radius 1 is 0.618 bits per heavy atom. The Bertz CT molecular complexity index is 2090. The van der Waals surface area contributed by atoms with Crippen LogP contribution in [0.3, 0.4) is 0 Å². The lowest BCUT2D eigenvalue weighted by molar-refractivity contribution is 0.734. The Hall–Kier alpha value is -5.53. The summed E-state index contributed by atoms with van der Waals surface area (Å²) in [6, 6.07) is 20.6. The highest BCUT2D eigenvalue weighted by atomic mass is 15.2. The monoisotopic (exact) mass is 730 g/mol. The normalized spacial score (nSPS) is 13.0. The van der Waals surface area contributed by atoms with Crippen LogP contribution in [0, 0.1) is 11.3 Å². The first-order valence-electron chi connectivity index (χ1n) is 20.2. The van der Waals surface area contributed by atoms with E-state index >= 15 is 0 Å². The van der Waals surface area contributed by atoms with Crippen molar-refractivity contribution >= 4 is 33.2 Å². The van der Waals surface area contributed by atoms with Crippen LogP contribution in [0.4, 0.5) is 11.4 Å². The molecule has 4 aromatic rings. The van der Waals surface area contributed by atoms with Gasteiger partial charge in [0.1, 0.15) is 11.6 Å². The van der Waals surface area contributed by atoms with Crippen LogP contribution in [0.5, 0.6) is 0 Å². The molecular formula is C51H62N4. The lowest BCUT2D eigenvalue weighted by Gasteiger charge is -2.32. The van der Waals surface area contributed by atoms with Gasteiger partial charge >= 0.3 is 0 Å². The van der Waals surface area contributed by atoms with Crippen LogP contribution in [-0.4, -0.2) is 4.57 Å². The zero-order chi connectivity index (χ0) is 40.2. The van der Waals surface area contributed by atoms with Crippen LogP contribution in [-0.2, 0) is 0 Å². The summed E-state index contributed by atoms with van der Waals surface area (Å²) in [6.45, 7) is 35.6. The van der Waals surface area contributed by atoms with Gasteiger partial charge < -0.3 is 14.4 Å². The largest absolute Gasteiger partial charge is 0.312 e. The molecule has 0 aliphatic carbocycles. The fourth-order valence-electron chi connectivity index (χ4n) is 6.92. The van der Waals surface area contributed by atoms with Gasteiger partial charge in [-0.1, -0.05) is 118 Å². The molecule has 0 amide bonds. The Kier molecular flexibility index (Phi) is 15.1. The van der Waals surface area contributed by atoms with E-state index in [4.69, 9.17) is 0 Å². The predicted molar refractivity (Wildman–Crippen MR) is 242 cm³/mol. The van der Waals surface area contributed by atoms with Crippen molar-refractivity contribution in [3.63, 3.8) is 0 Å². The molecule has 0 aliphatic rings. The van der Waals surface area contributed by atoms with E-state index in [0.717, 1.165) is 72.3 Å². The molecule has 3 aromatic carbocycles. The predicted octanol–water partition coefficient (Wildman–Crippen LogP) is 15.2. The zero-order valence-corrected chi connectivity index (χ0v) is 34.8.